The summed E-state index contributed by atoms with van der Waals surface area (Å²) in [7, 11) is 4.31. The Morgan fingerprint density at radius 1 is 1.04 bits per heavy atom. The fourth-order valence-electron chi connectivity index (χ4n) is 3.28. The zero-order valence-electron chi connectivity index (χ0n) is 14.6. The van der Waals surface area contributed by atoms with Crippen LogP contribution in [-0.2, 0) is 9.59 Å². The molecule has 1 fully saturated rings. The molecule has 0 aromatic heterocycles. The summed E-state index contributed by atoms with van der Waals surface area (Å²) in [5.74, 6) is -0.0693. The van der Waals surface area contributed by atoms with Gasteiger partial charge in [-0.05, 0) is 56.9 Å². The minimum atomic E-state index is -0.106. The summed E-state index contributed by atoms with van der Waals surface area (Å²) in [6.45, 7) is 3.47. The molecule has 0 unspecified atom stereocenters. The minimum Gasteiger partial charge on any atom is -0.326 e. The lowest BCUT2D eigenvalue weighted by atomic mass is 10.1. The van der Waals surface area contributed by atoms with Crippen LogP contribution in [0.25, 0.3) is 0 Å². The van der Waals surface area contributed by atoms with Gasteiger partial charge in [0.15, 0.2) is 6.04 Å². The van der Waals surface area contributed by atoms with Crippen LogP contribution >= 0.6 is 0 Å². The number of carbonyl (C=O) groups is 2. The molecule has 2 N–H and O–H groups in total. The zero-order chi connectivity index (χ0) is 17.0. The van der Waals surface area contributed by atoms with Gasteiger partial charge in [-0.2, -0.15) is 0 Å². The van der Waals surface area contributed by atoms with Crippen LogP contribution in [0.1, 0.15) is 39.5 Å². The van der Waals surface area contributed by atoms with E-state index in [4.69, 9.17) is 0 Å². The first-order valence-corrected chi connectivity index (χ1v) is 8.32. The second-order valence-electron chi connectivity index (χ2n) is 6.99. The normalized spacial score (nSPS) is 16.9. The van der Waals surface area contributed by atoms with E-state index in [0.717, 1.165) is 15.9 Å². The highest BCUT2D eigenvalue weighted by Crippen LogP contribution is 2.29. The molecule has 0 aliphatic heterocycles. The monoisotopic (exact) mass is 318 g/mol. The van der Waals surface area contributed by atoms with E-state index in [1.807, 2.05) is 19.1 Å². The highest BCUT2D eigenvalue weighted by atomic mass is 16.2. The summed E-state index contributed by atoms with van der Waals surface area (Å²) in [5.41, 5.74) is 1.48. The van der Waals surface area contributed by atoms with Crippen LogP contribution in [0.3, 0.4) is 0 Å². The first-order chi connectivity index (χ1) is 10.8. The topological polar surface area (TPSA) is 58.2 Å². The van der Waals surface area contributed by atoms with Crippen molar-refractivity contribution in [3.63, 3.8) is 0 Å². The number of nitrogens with zero attached hydrogens (tertiary/aromatic N) is 1. The van der Waals surface area contributed by atoms with Gasteiger partial charge in [-0.3, -0.25) is 9.59 Å². The van der Waals surface area contributed by atoms with E-state index in [2.05, 4.69) is 24.7 Å². The Labute approximate surface area is 138 Å². The summed E-state index contributed by atoms with van der Waals surface area (Å²) < 4.78 is 0.732. The average molecular weight is 318 g/mol. The lowest BCUT2D eigenvalue weighted by Crippen LogP contribution is -2.57. The number of carbonyl (C=O) groups excluding carboxylic acids is 2. The van der Waals surface area contributed by atoms with Crippen LogP contribution in [0.2, 0.25) is 0 Å². The second-order valence-corrected chi connectivity index (χ2v) is 6.99. The number of nitrogens with one attached hydrogen (secondary N) is 2. The Hall–Kier alpha value is -1.88. The van der Waals surface area contributed by atoms with Gasteiger partial charge >= 0.3 is 0 Å². The highest BCUT2D eigenvalue weighted by molar-refractivity contribution is 5.94. The number of rotatable bonds is 5. The Morgan fingerprint density at radius 3 is 2.00 bits per heavy atom. The molecule has 126 valence electrons. The molecule has 0 spiro atoms. The lowest BCUT2D eigenvalue weighted by molar-refractivity contribution is -0.927. The van der Waals surface area contributed by atoms with Crippen molar-refractivity contribution in [2.75, 3.05) is 24.7 Å². The Bertz CT molecular complexity index is 560. The number of benzene rings is 1. The molecule has 0 bridgehead atoms. The zero-order valence-corrected chi connectivity index (χ0v) is 14.6. The minimum absolute atomic E-state index is 0.0363. The summed E-state index contributed by atoms with van der Waals surface area (Å²) >= 11 is 0. The third kappa shape index (κ3) is 4.32. The quantitative estimate of drug-likeness (QED) is 0.820. The number of hydrogen-bond donors (Lipinski definition) is 2. The number of quaternary nitrogens is 1. The van der Waals surface area contributed by atoms with Gasteiger partial charge in [-0.1, -0.05) is 0 Å². The van der Waals surface area contributed by atoms with Crippen LogP contribution in [0.15, 0.2) is 24.3 Å². The number of amides is 2. The highest BCUT2D eigenvalue weighted by Gasteiger charge is 2.39. The molecule has 2 rings (SSSR count). The van der Waals surface area contributed by atoms with Crippen LogP contribution in [-0.4, -0.2) is 42.5 Å². The fourth-order valence-corrected chi connectivity index (χ4v) is 3.28. The van der Waals surface area contributed by atoms with Gasteiger partial charge in [-0.15, -0.1) is 0 Å². The third-order valence-electron chi connectivity index (χ3n) is 5.12. The van der Waals surface area contributed by atoms with Gasteiger partial charge in [0.2, 0.25) is 5.91 Å². The maximum Gasteiger partial charge on any atom is 0.282 e. The summed E-state index contributed by atoms with van der Waals surface area (Å²) in [4.78, 5) is 23.6. The largest absolute Gasteiger partial charge is 0.326 e. The van der Waals surface area contributed by atoms with Gasteiger partial charge in [0, 0.05) is 18.3 Å². The van der Waals surface area contributed by atoms with Crippen LogP contribution in [0.5, 0.6) is 0 Å². The van der Waals surface area contributed by atoms with Crippen molar-refractivity contribution in [1.82, 2.24) is 0 Å². The molecule has 1 atom stereocenters. The summed E-state index contributed by atoms with van der Waals surface area (Å²) in [5, 5.41) is 5.70. The van der Waals surface area contributed by atoms with E-state index in [1.165, 1.54) is 32.6 Å². The van der Waals surface area contributed by atoms with Crippen LogP contribution < -0.4 is 10.6 Å². The van der Waals surface area contributed by atoms with Crippen molar-refractivity contribution in [2.24, 2.45) is 0 Å². The number of hydrogen-bond acceptors (Lipinski definition) is 2. The van der Waals surface area contributed by atoms with Gasteiger partial charge in [0.05, 0.1) is 20.1 Å². The molecular formula is C18H28N3O2+. The van der Waals surface area contributed by atoms with E-state index in [1.54, 1.807) is 12.1 Å². The van der Waals surface area contributed by atoms with Gasteiger partial charge in [-0.25, -0.2) is 0 Å². The molecule has 5 nitrogen and oxygen atoms in total. The van der Waals surface area contributed by atoms with E-state index in [-0.39, 0.29) is 17.9 Å². The lowest BCUT2D eigenvalue weighted by Gasteiger charge is -2.40. The Kier molecular flexibility index (Phi) is 5.42. The molecule has 0 radical (unpaired) electrons. The molecule has 23 heavy (non-hydrogen) atoms. The summed E-state index contributed by atoms with van der Waals surface area (Å²) in [6.07, 6.45) is 4.95. The molecule has 0 heterocycles. The van der Waals surface area contributed by atoms with Crippen LogP contribution in [0.4, 0.5) is 11.4 Å². The third-order valence-corrected chi connectivity index (χ3v) is 5.12. The van der Waals surface area contributed by atoms with Gasteiger partial charge in [0.25, 0.3) is 5.91 Å². The smallest absolute Gasteiger partial charge is 0.282 e. The van der Waals surface area contributed by atoms with E-state index >= 15 is 0 Å². The van der Waals surface area contributed by atoms with Crippen molar-refractivity contribution in [2.45, 2.75) is 51.6 Å². The molecule has 1 aliphatic rings. The van der Waals surface area contributed by atoms with Crippen molar-refractivity contribution >= 4 is 23.2 Å². The van der Waals surface area contributed by atoms with E-state index in [0.29, 0.717) is 6.04 Å². The first-order valence-electron chi connectivity index (χ1n) is 8.32. The van der Waals surface area contributed by atoms with Crippen molar-refractivity contribution in [1.29, 1.82) is 0 Å². The van der Waals surface area contributed by atoms with Crippen molar-refractivity contribution in [3.8, 4) is 0 Å². The van der Waals surface area contributed by atoms with E-state index < -0.39 is 0 Å². The number of likely N-dealkylation sites (N-methyl/N-ethyl adjacent to an activating group) is 1. The van der Waals surface area contributed by atoms with Gasteiger partial charge < -0.3 is 15.1 Å². The molecule has 1 aliphatic carbocycles. The van der Waals surface area contributed by atoms with Crippen LogP contribution in [0, 0.1) is 0 Å². The second kappa shape index (κ2) is 7.13. The molecule has 2 amide bonds. The molecule has 0 saturated heterocycles. The molecule has 5 heteroatoms. The maximum atomic E-state index is 12.6. The molecule has 1 aromatic carbocycles. The predicted molar refractivity (Wildman–Crippen MR) is 93.2 cm³/mol. The Morgan fingerprint density at radius 2 is 1.52 bits per heavy atom. The predicted octanol–water partition coefficient (Wildman–Crippen LogP) is 2.99. The van der Waals surface area contributed by atoms with Crippen molar-refractivity contribution in [3.05, 3.63) is 24.3 Å². The average Bonchev–Trinajstić information content (AvgIpc) is 3.03. The molecule has 1 aromatic rings. The summed E-state index contributed by atoms with van der Waals surface area (Å²) in [6, 6.07) is 7.67. The molecule has 1 saturated carbocycles. The first kappa shape index (κ1) is 17.5. The fraction of sp³-hybridized carbons (Fsp3) is 0.556. The Balaban J connectivity index is 1.98. The number of anilines is 2. The van der Waals surface area contributed by atoms with Gasteiger partial charge in [0.1, 0.15) is 0 Å². The van der Waals surface area contributed by atoms with Crippen molar-refractivity contribution < 1.29 is 14.1 Å². The van der Waals surface area contributed by atoms with E-state index in [9.17, 15) is 9.59 Å². The standard InChI is InChI=1S/C18H27N3O2/c1-13(21(3,4)17-7-5-6-8-17)18(23)20-16-11-9-15(10-12-16)19-14(2)22/h9-13,17H,5-8H2,1-4H3,(H-,19,20,22,23)/p+1/t13-/m0/s1. The molecular weight excluding hydrogens is 290 g/mol. The SMILES string of the molecule is CC(=O)Nc1ccc(NC(=O)[C@H](C)[N+](C)(C)C2CCCC2)cc1. The maximum absolute atomic E-state index is 12.6.